The van der Waals surface area contributed by atoms with Crippen molar-refractivity contribution in [1.82, 2.24) is 25.4 Å². The van der Waals surface area contributed by atoms with Crippen LogP contribution in [0.4, 0.5) is 0 Å². The monoisotopic (exact) mass is 480 g/mol. The van der Waals surface area contributed by atoms with Gasteiger partial charge in [0.2, 0.25) is 0 Å². The average molecular weight is 480 g/mol. The summed E-state index contributed by atoms with van der Waals surface area (Å²) in [6, 6.07) is 8.33. The maximum absolute atomic E-state index is 4.66. The van der Waals surface area contributed by atoms with E-state index in [9.17, 15) is 0 Å². The summed E-state index contributed by atoms with van der Waals surface area (Å²) in [5.74, 6) is 0.879. The summed E-state index contributed by atoms with van der Waals surface area (Å²) in [7, 11) is 0. The molecule has 0 unspecified atom stereocenters. The van der Waals surface area contributed by atoms with Gasteiger partial charge in [0.05, 0.1) is 0 Å². The summed E-state index contributed by atoms with van der Waals surface area (Å²) in [6.07, 6.45) is 7.84. The summed E-state index contributed by atoms with van der Waals surface area (Å²) < 4.78 is 1.94. The van der Waals surface area contributed by atoms with Crippen LogP contribution in [-0.2, 0) is 13.0 Å². The number of aryl methyl sites for hydroxylation is 2. The van der Waals surface area contributed by atoms with Gasteiger partial charge < -0.3 is 15.6 Å². The molecule has 0 aliphatic carbocycles. The van der Waals surface area contributed by atoms with Gasteiger partial charge in [0.1, 0.15) is 0 Å². The first-order valence-electron chi connectivity index (χ1n) is 9.33. The van der Waals surface area contributed by atoms with Crippen LogP contribution in [0.2, 0.25) is 0 Å². The number of guanidine groups is 1. The Morgan fingerprint density at radius 2 is 2.15 bits per heavy atom. The number of nitrogens with one attached hydrogen (secondary N) is 3. The Morgan fingerprint density at radius 1 is 1.26 bits per heavy atom. The highest BCUT2D eigenvalue weighted by Gasteiger charge is 2.06. The van der Waals surface area contributed by atoms with Gasteiger partial charge in [-0.05, 0) is 49.9 Å². The number of fused-ring (bicyclic) bond motifs is 1. The Balaban J connectivity index is 0.00000261. The lowest BCUT2D eigenvalue weighted by molar-refractivity contribution is 0.584. The fourth-order valence-corrected chi connectivity index (χ4v) is 3.16. The normalized spacial score (nSPS) is 11.4. The van der Waals surface area contributed by atoms with E-state index in [4.69, 9.17) is 0 Å². The highest BCUT2D eigenvalue weighted by atomic mass is 127. The Labute approximate surface area is 177 Å². The zero-order chi connectivity index (χ0) is 18.2. The van der Waals surface area contributed by atoms with Crippen molar-refractivity contribution in [2.75, 3.05) is 19.6 Å². The summed E-state index contributed by atoms with van der Waals surface area (Å²) in [5.41, 5.74) is 3.87. The molecule has 3 N–H and O–H groups in total. The minimum Gasteiger partial charge on any atom is -0.361 e. The molecule has 3 rings (SSSR count). The summed E-state index contributed by atoms with van der Waals surface area (Å²) in [4.78, 5) is 8.02. The number of aliphatic imine (C=N–C) groups is 1. The second kappa shape index (κ2) is 11.0. The second-order valence-corrected chi connectivity index (χ2v) is 6.37. The van der Waals surface area contributed by atoms with Crippen molar-refractivity contribution in [3.8, 4) is 0 Å². The van der Waals surface area contributed by atoms with Crippen LogP contribution in [0, 0.1) is 6.92 Å². The van der Waals surface area contributed by atoms with Crippen LogP contribution in [-0.4, -0.2) is 40.4 Å². The predicted octanol–water partition coefficient (Wildman–Crippen LogP) is 3.48. The molecular weight excluding hydrogens is 451 g/mol. The van der Waals surface area contributed by atoms with Crippen LogP contribution in [0.25, 0.3) is 10.9 Å². The first-order chi connectivity index (χ1) is 12.8. The molecule has 0 saturated heterocycles. The molecule has 2 aromatic heterocycles. The van der Waals surface area contributed by atoms with E-state index in [2.05, 4.69) is 64.0 Å². The van der Waals surface area contributed by atoms with E-state index in [0.717, 1.165) is 45.0 Å². The highest BCUT2D eigenvalue weighted by molar-refractivity contribution is 14.0. The molecule has 6 nitrogen and oxygen atoms in total. The second-order valence-electron chi connectivity index (χ2n) is 6.37. The number of hydrogen-bond donors (Lipinski definition) is 3. The molecule has 146 valence electrons. The fourth-order valence-electron chi connectivity index (χ4n) is 3.16. The number of benzene rings is 1. The molecule has 0 aliphatic heterocycles. The van der Waals surface area contributed by atoms with E-state index in [1.807, 2.05) is 16.9 Å². The molecule has 27 heavy (non-hydrogen) atoms. The van der Waals surface area contributed by atoms with Crippen LogP contribution in [0.1, 0.15) is 24.5 Å². The lowest BCUT2D eigenvalue weighted by Gasteiger charge is -2.11. The minimum atomic E-state index is 0. The Bertz CT molecular complexity index is 837. The van der Waals surface area contributed by atoms with Gasteiger partial charge in [0.25, 0.3) is 0 Å². The summed E-state index contributed by atoms with van der Waals surface area (Å²) in [5, 5.41) is 12.3. The van der Waals surface area contributed by atoms with Crippen LogP contribution in [0.3, 0.4) is 0 Å². The molecule has 2 heterocycles. The molecule has 7 heteroatoms. The minimum absolute atomic E-state index is 0. The average Bonchev–Trinajstić information content (AvgIpc) is 3.29. The zero-order valence-electron chi connectivity index (χ0n) is 16.0. The van der Waals surface area contributed by atoms with E-state index < -0.39 is 0 Å². The third kappa shape index (κ3) is 5.98. The van der Waals surface area contributed by atoms with Crippen molar-refractivity contribution in [1.29, 1.82) is 0 Å². The first-order valence-corrected chi connectivity index (χ1v) is 9.33. The molecule has 1 aromatic carbocycles. The molecule has 0 amide bonds. The molecule has 0 spiro atoms. The smallest absolute Gasteiger partial charge is 0.191 e. The van der Waals surface area contributed by atoms with Crippen LogP contribution in [0.15, 0.2) is 47.8 Å². The predicted molar refractivity (Wildman–Crippen MR) is 123 cm³/mol. The SMILES string of the molecule is CCNC(=NCCCn1cccn1)NCCc1c[nH]c2cccc(C)c12.I. The Hall–Kier alpha value is -2.03. The maximum atomic E-state index is 4.66. The van der Waals surface area contributed by atoms with Crippen molar-refractivity contribution >= 4 is 40.8 Å². The van der Waals surface area contributed by atoms with Gasteiger partial charge in [0.15, 0.2) is 5.96 Å². The van der Waals surface area contributed by atoms with Crippen molar-refractivity contribution < 1.29 is 0 Å². The van der Waals surface area contributed by atoms with Crippen LogP contribution >= 0.6 is 24.0 Å². The third-order valence-corrected chi connectivity index (χ3v) is 4.40. The first kappa shape index (κ1) is 21.3. The summed E-state index contributed by atoms with van der Waals surface area (Å²) in [6.45, 7) is 7.64. The number of halogens is 1. The number of H-pyrrole nitrogens is 1. The van der Waals surface area contributed by atoms with Gasteiger partial charge >= 0.3 is 0 Å². The van der Waals surface area contributed by atoms with Crippen LogP contribution < -0.4 is 10.6 Å². The fraction of sp³-hybridized carbons (Fsp3) is 0.400. The van der Waals surface area contributed by atoms with Gasteiger partial charge in [0, 0.05) is 55.7 Å². The quantitative estimate of drug-likeness (QED) is 0.200. The summed E-state index contributed by atoms with van der Waals surface area (Å²) >= 11 is 0. The zero-order valence-corrected chi connectivity index (χ0v) is 18.4. The molecule has 0 saturated carbocycles. The molecule has 0 radical (unpaired) electrons. The molecule has 0 aliphatic rings. The van der Waals surface area contributed by atoms with Crippen molar-refractivity contribution in [2.45, 2.75) is 33.2 Å². The number of rotatable bonds is 8. The molecule has 0 bridgehead atoms. The lowest BCUT2D eigenvalue weighted by atomic mass is 10.1. The highest BCUT2D eigenvalue weighted by Crippen LogP contribution is 2.22. The van der Waals surface area contributed by atoms with E-state index in [0.29, 0.717) is 0 Å². The standard InChI is InChI=1S/C20H28N6.HI/c1-3-21-20(22-10-5-13-26-14-6-11-25-26)23-12-9-17-15-24-18-8-4-7-16(2)19(17)18;/h4,6-8,11,14-15,24H,3,5,9-10,12-13H2,1-2H3,(H2,21,22,23);1H. The lowest BCUT2D eigenvalue weighted by Crippen LogP contribution is -2.38. The maximum Gasteiger partial charge on any atom is 0.191 e. The Kier molecular flexibility index (Phi) is 8.63. The van der Waals surface area contributed by atoms with Gasteiger partial charge in [-0.1, -0.05) is 12.1 Å². The van der Waals surface area contributed by atoms with E-state index >= 15 is 0 Å². The van der Waals surface area contributed by atoms with Crippen molar-refractivity contribution in [3.63, 3.8) is 0 Å². The van der Waals surface area contributed by atoms with Gasteiger partial charge in [-0.2, -0.15) is 5.10 Å². The molecule has 0 fully saturated rings. The van der Waals surface area contributed by atoms with Crippen LogP contribution in [0.5, 0.6) is 0 Å². The number of aromatic amines is 1. The van der Waals surface area contributed by atoms with Crippen molar-refractivity contribution in [3.05, 3.63) is 54.0 Å². The molecule has 0 atom stereocenters. The third-order valence-electron chi connectivity index (χ3n) is 4.40. The Morgan fingerprint density at radius 3 is 2.93 bits per heavy atom. The molecule has 3 aromatic rings. The van der Waals surface area contributed by atoms with Gasteiger partial charge in [-0.25, -0.2) is 0 Å². The molecular formula is C20H29IN6. The number of nitrogens with zero attached hydrogens (tertiary/aromatic N) is 3. The number of aromatic nitrogens is 3. The topological polar surface area (TPSA) is 70.0 Å². The van der Waals surface area contributed by atoms with E-state index in [1.54, 1.807) is 6.20 Å². The largest absolute Gasteiger partial charge is 0.361 e. The van der Waals surface area contributed by atoms with Gasteiger partial charge in [-0.15, -0.1) is 24.0 Å². The van der Waals surface area contributed by atoms with Gasteiger partial charge in [-0.3, -0.25) is 9.67 Å². The van der Waals surface area contributed by atoms with Crippen molar-refractivity contribution in [2.24, 2.45) is 4.99 Å². The number of hydrogen-bond acceptors (Lipinski definition) is 2. The van der Waals surface area contributed by atoms with E-state index in [1.165, 1.54) is 22.0 Å². The van der Waals surface area contributed by atoms with E-state index in [-0.39, 0.29) is 24.0 Å².